The second-order valence-electron chi connectivity index (χ2n) is 5.65. The van der Waals surface area contributed by atoms with Crippen LogP contribution in [-0.2, 0) is 4.79 Å². The van der Waals surface area contributed by atoms with Crippen LogP contribution in [0.25, 0.3) is 0 Å². The van der Waals surface area contributed by atoms with Crippen LogP contribution in [-0.4, -0.2) is 37.4 Å². The van der Waals surface area contributed by atoms with Crippen molar-refractivity contribution < 1.29 is 9.59 Å². The van der Waals surface area contributed by atoms with E-state index in [-0.39, 0.29) is 18.4 Å². The van der Waals surface area contributed by atoms with Crippen molar-refractivity contribution in [1.29, 1.82) is 0 Å². The number of halogens is 1. The lowest BCUT2D eigenvalue weighted by Crippen LogP contribution is -2.23. The molecule has 0 heterocycles. The van der Waals surface area contributed by atoms with E-state index in [4.69, 9.17) is 11.6 Å². The molecule has 126 valence electrons. The van der Waals surface area contributed by atoms with Crippen LogP contribution in [0.3, 0.4) is 0 Å². The minimum absolute atomic E-state index is 0.102. The van der Waals surface area contributed by atoms with E-state index >= 15 is 0 Å². The van der Waals surface area contributed by atoms with Gasteiger partial charge in [-0.15, -0.1) is 0 Å². The van der Waals surface area contributed by atoms with Gasteiger partial charge in [0.15, 0.2) is 0 Å². The summed E-state index contributed by atoms with van der Waals surface area (Å²) in [4.78, 5) is 25.5. The quantitative estimate of drug-likeness (QED) is 0.873. The van der Waals surface area contributed by atoms with E-state index in [0.29, 0.717) is 16.3 Å². The van der Waals surface area contributed by atoms with Gasteiger partial charge in [-0.2, -0.15) is 0 Å². The largest absolute Gasteiger partial charge is 0.376 e. The maximum atomic E-state index is 12.1. The number of hydrogen-bond donors (Lipinski definition) is 2. The third-order valence-corrected chi connectivity index (χ3v) is 3.83. The Morgan fingerprint density at radius 2 is 1.83 bits per heavy atom. The van der Waals surface area contributed by atoms with Crippen molar-refractivity contribution in [3.63, 3.8) is 0 Å². The Morgan fingerprint density at radius 1 is 1.08 bits per heavy atom. The molecule has 2 amide bonds. The van der Waals surface area contributed by atoms with Crippen molar-refractivity contribution in [2.45, 2.75) is 6.92 Å². The molecule has 2 aromatic rings. The van der Waals surface area contributed by atoms with Crippen LogP contribution in [0.1, 0.15) is 15.9 Å². The van der Waals surface area contributed by atoms with Crippen LogP contribution >= 0.6 is 11.6 Å². The van der Waals surface area contributed by atoms with Gasteiger partial charge in [0.1, 0.15) is 0 Å². The molecule has 0 atom stereocenters. The zero-order valence-electron chi connectivity index (χ0n) is 13.9. The fourth-order valence-corrected chi connectivity index (χ4v) is 2.26. The maximum Gasteiger partial charge on any atom is 0.253 e. The molecular formula is C18H20ClN3O2. The highest BCUT2D eigenvalue weighted by Gasteiger charge is 2.09. The SMILES string of the molecule is Cc1ccc(NCC(=O)Nc2cccc(C(=O)N(C)C)c2)cc1Cl. The summed E-state index contributed by atoms with van der Waals surface area (Å²) in [5, 5.41) is 6.43. The average molecular weight is 346 g/mol. The van der Waals surface area contributed by atoms with Crippen molar-refractivity contribution in [3.05, 3.63) is 58.6 Å². The molecule has 0 aliphatic heterocycles. The molecule has 0 aliphatic rings. The number of amides is 2. The monoisotopic (exact) mass is 345 g/mol. The normalized spacial score (nSPS) is 10.2. The first-order chi connectivity index (χ1) is 11.4. The Bertz CT molecular complexity index is 760. The fourth-order valence-electron chi connectivity index (χ4n) is 2.08. The number of benzene rings is 2. The molecule has 0 unspecified atom stereocenters. The molecule has 0 aliphatic carbocycles. The summed E-state index contributed by atoms with van der Waals surface area (Å²) in [6.45, 7) is 2.02. The highest BCUT2D eigenvalue weighted by atomic mass is 35.5. The van der Waals surface area contributed by atoms with Gasteiger partial charge in [-0.05, 0) is 42.8 Å². The van der Waals surface area contributed by atoms with E-state index in [1.165, 1.54) is 4.90 Å². The first-order valence-corrected chi connectivity index (χ1v) is 7.86. The van der Waals surface area contributed by atoms with Gasteiger partial charge in [0.25, 0.3) is 5.91 Å². The summed E-state index contributed by atoms with van der Waals surface area (Å²) in [5.41, 5.74) is 2.86. The van der Waals surface area contributed by atoms with Crippen LogP contribution in [0.15, 0.2) is 42.5 Å². The highest BCUT2D eigenvalue weighted by molar-refractivity contribution is 6.31. The molecule has 5 nitrogen and oxygen atoms in total. The Morgan fingerprint density at radius 3 is 2.50 bits per heavy atom. The van der Waals surface area contributed by atoms with Crippen LogP contribution in [0.4, 0.5) is 11.4 Å². The molecule has 24 heavy (non-hydrogen) atoms. The van der Waals surface area contributed by atoms with Gasteiger partial charge >= 0.3 is 0 Å². The second kappa shape index (κ2) is 7.84. The van der Waals surface area contributed by atoms with Gasteiger partial charge in [0.2, 0.25) is 5.91 Å². The number of anilines is 2. The lowest BCUT2D eigenvalue weighted by molar-refractivity contribution is -0.114. The van der Waals surface area contributed by atoms with E-state index in [1.54, 1.807) is 44.4 Å². The third kappa shape index (κ3) is 4.73. The van der Waals surface area contributed by atoms with Gasteiger partial charge in [-0.3, -0.25) is 9.59 Å². The first kappa shape index (κ1) is 17.8. The lowest BCUT2D eigenvalue weighted by atomic mass is 10.2. The Labute approximate surface area is 146 Å². The summed E-state index contributed by atoms with van der Waals surface area (Å²) in [5.74, 6) is -0.320. The molecule has 0 fully saturated rings. The van der Waals surface area contributed by atoms with E-state index in [0.717, 1.165) is 11.3 Å². The number of carbonyl (C=O) groups excluding carboxylic acids is 2. The van der Waals surface area contributed by atoms with Crippen LogP contribution in [0.5, 0.6) is 0 Å². The number of hydrogen-bond acceptors (Lipinski definition) is 3. The Balaban J connectivity index is 1.96. The molecule has 2 N–H and O–H groups in total. The molecular weight excluding hydrogens is 326 g/mol. The third-order valence-electron chi connectivity index (χ3n) is 3.42. The van der Waals surface area contributed by atoms with E-state index < -0.39 is 0 Å². The summed E-state index contributed by atoms with van der Waals surface area (Å²) in [7, 11) is 3.37. The molecule has 0 aromatic heterocycles. The van der Waals surface area contributed by atoms with Gasteiger partial charge in [0, 0.05) is 36.1 Å². The molecule has 2 rings (SSSR count). The van der Waals surface area contributed by atoms with Crippen LogP contribution < -0.4 is 10.6 Å². The molecule has 0 spiro atoms. The van der Waals surface area contributed by atoms with Crippen molar-refractivity contribution >= 4 is 34.8 Å². The van der Waals surface area contributed by atoms with Crippen LogP contribution in [0.2, 0.25) is 5.02 Å². The molecule has 6 heteroatoms. The van der Waals surface area contributed by atoms with E-state index in [2.05, 4.69) is 10.6 Å². The highest BCUT2D eigenvalue weighted by Crippen LogP contribution is 2.19. The van der Waals surface area contributed by atoms with Gasteiger partial charge in [0.05, 0.1) is 6.54 Å². The minimum atomic E-state index is -0.207. The summed E-state index contributed by atoms with van der Waals surface area (Å²) in [6, 6.07) is 12.4. The molecule has 0 saturated carbocycles. The Hall–Kier alpha value is -2.53. The smallest absolute Gasteiger partial charge is 0.253 e. The number of nitrogens with one attached hydrogen (secondary N) is 2. The van der Waals surface area contributed by atoms with Crippen LogP contribution in [0, 0.1) is 6.92 Å². The van der Waals surface area contributed by atoms with Crippen molar-refractivity contribution in [3.8, 4) is 0 Å². The van der Waals surface area contributed by atoms with E-state index in [1.807, 2.05) is 19.1 Å². The zero-order chi connectivity index (χ0) is 17.7. The van der Waals surface area contributed by atoms with Gasteiger partial charge in [-0.25, -0.2) is 0 Å². The predicted octanol–water partition coefficient (Wildman–Crippen LogP) is 3.40. The van der Waals surface area contributed by atoms with Crippen molar-refractivity contribution in [2.75, 3.05) is 31.3 Å². The minimum Gasteiger partial charge on any atom is -0.376 e. The number of nitrogens with zero attached hydrogens (tertiary/aromatic N) is 1. The molecule has 2 aromatic carbocycles. The zero-order valence-corrected chi connectivity index (χ0v) is 14.6. The standard InChI is InChI=1S/C18H20ClN3O2/c1-12-7-8-14(10-16(12)19)20-11-17(23)21-15-6-4-5-13(9-15)18(24)22(2)3/h4-10,20H,11H2,1-3H3,(H,21,23). The summed E-state index contributed by atoms with van der Waals surface area (Å²) in [6.07, 6.45) is 0. The number of carbonyl (C=O) groups is 2. The lowest BCUT2D eigenvalue weighted by Gasteiger charge is -2.12. The number of aryl methyl sites for hydroxylation is 1. The van der Waals surface area contributed by atoms with Gasteiger partial charge in [-0.1, -0.05) is 23.7 Å². The van der Waals surface area contributed by atoms with Gasteiger partial charge < -0.3 is 15.5 Å². The summed E-state index contributed by atoms with van der Waals surface area (Å²) >= 11 is 6.06. The summed E-state index contributed by atoms with van der Waals surface area (Å²) < 4.78 is 0. The predicted molar refractivity (Wildman–Crippen MR) is 97.8 cm³/mol. The fraction of sp³-hybridized carbons (Fsp3) is 0.222. The average Bonchev–Trinajstić information content (AvgIpc) is 2.55. The first-order valence-electron chi connectivity index (χ1n) is 7.48. The topological polar surface area (TPSA) is 61.4 Å². The van der Waals surface area contributed by atoms with Crippen molar-refractivity contribution in [1.82, 2.24) is 4.90 Å². The Kier molecular flexibility index (Phi) is 5.82. The maximum absolute atomic E-state index is 12.1. The molecule has 0 bridgehead atoms. The number of rotatable bonds is 5. The molecule has 0 saturated heterocycles. The molecule has 0 radical (unpaired) electrons. The second-order valence-corrected chi connectivity index (χ2v) is 6.05. The van der Waals surface area contributed by atoms with E-state index in [9.17, 15) is 9.59 Å². The van der Waals surface area contributed by atoms with Crippen molar-refractivity contribution in [2.24, 2.45) is 0 Å².